The number of hydrogen-bond acceptors (Lipinski definition) is 3. The van der Waals surface area contributed by atoms with Gasteiger partial charge in [-0.3, -0.25) is 9.79 Å². The summed E-state index contributed by atoms with van der Waals surface area (Å²) in [6, 6.07) is 5.09. The molecule has 0 bridgehead atoms. The van der Waals surface area contributed by atoms with Crippen molar-refractivity contribution in [2.24, 2.45) is 4.99 Å². The molecule has 0 saturated carbocycles. The molecule has 1 aromatic rings. The fourth-order valence-electron chi connectivity index (χ4n) is 2.51. The Bertz CT molecular complexity index is 637. The second-order valence-electron chi connectivity index (χ2n) is 7.72. The minimum absolute atomic E-state index is 0.0713. The zero-order chi connectivity index (χ0) is 19.9. The number of hydrogen-bond donors (Lipinski definition) is 2. The van der Waals surface area contributed by atoms with E-state index in [2.05, 4.69) is 15.6 Å². The zero-order valence-electron chi connectivity index (χ0n) is 17.0. The predicted octanol–water partition coefficient (Wildman–Crippen LogP) is 1.81. The van der Waals surface area contributed by atoms with Crippen molar-refractivity contribution in [2.45, 2.75) is 39.4 Å². The molecule has 0 atom stereocenters. The van der Waals surface area contributed by atoms with E-state index in [0.29, 0.717) is 24.6 Å². The van der Waals surface area contributed by atoms with E-state index in [1.54, 1.807) is 25.1 Å². The molecule has 1 aromatic carbocycles. The minimum atomic E-state index is -0.272. The Morgan fingerprint density at radius 3 is 2.42 bits per heavy atom. The van der Waals surface area contributed by atoms with E-state index in [0.717, 1.165) is 5.56 Å². The highest BCUT2D eigenvalue weighted by atomic mass is 19.1. The molecular formula is C19H32FN5O. The third-order valence-electron chi connectivity index (χ3n) is 3.52. The molecule has 0 spiro atoms. The van der Waals surface area contributed by atoms with Gasteiger partial charge in [-0.05, 0) is 52.6 Å². The number of benzene rings is 1. The van der Waals surface area contributed by atoms with Crippen molar-refractivity contribution in [3.8, 4) is 0 Å². The average Bonchev–Trinajstić information content (AvgIpc) is 2.48. The van der Waals surface area contributed by atoms with Gasteiger partial charge in [0.2, 0.25) is 5.91 Å². The molecule has 0 saturated heterocycles. The molecule has 0 aliphatic carbocycles. The van der Waals surface area contributed by atoms with Crippen molar-refractivity contribution in [1.29, 1.82) is 0 Å². The highest BCUT2D eigenvalue weighted by Crippen LogP contribution is 2.12. The van der Waals surface area contributed by atoms with Gasteiger partial charge >= 0.3 is 0 Å². The summed E-state index contributed by atoms with van der Waals surface area (Å²) in [6.07, 6.45) is 0. The lowest BCUT2D eigenvalue weighted by molar-refractivity contribution is -0.122. The van der Waals surface area contributed by atoms with Crippen LogP contribution in [-0.2, 0) is 17.9 Å². The standard InChI is InChI=1S/C19H32FN5O/c1-19(2,3)23-17(26)13-25(7)18(21-4)22-11-14-8-9-16(20)15(10-14)12-24(5)6/h8-10H,11-13H2,1-7H3,(H,21,22)(H,23,26). The number of carbonyl (C=O) groups is 1. The molecule has 2 N–H and O–H groups in total. The van der Waals surface area contributed by atoms with Crippen molar-refractivity contribution in [2.75, 3.05) is 34.7 Å². The SMILES string of the molecule is CN=C(NCc1ccc(F)c(CN(C)C)c1)N(C)CC(=O)NC(C)(C)C. The first-order valence-corrected chi connectivity index (χ1v) is 8.66. The van der Waals surface area contributed by atoms with Crippen molar-refractivity contribution < 1.29 is 9.18 Å². The summed E-state index contributed by atoms with van der Waals surface area (Å²) in [6.45, 7) is 7.07. The van der Waals surface area contributed by atoms with Gasteiger partial charge < -0.3 is 20.4 Å². The van der Waals surface area contributed by atoms with Crippen LogP contribution in [0.1, 0.15) is 31.9 Å². The molecule has 26 heavy (non-hydrogen) atoms. The van der Waals surface area contributed by atoms with Gasteiger partial charge in [-0.25, -0.2) is 4.39 Å². The van der Waals surface area contributed by atoms with E-state index in [1.165, 1.54) is 6.07 Å². The van der Waals surface area contributed by atoms with Gasteiger partial charge in [-0.15, -0.1) is 0 Å². The summed E-state index contributed by atoms with van der Waals surface area (Å²) < 4.78 is 13.9. The van der Waals surface area contributed by atoms with Crippen LogP contribution in [0.2, 0.25) is 0 Å². The smallest absolute Gasteiger partial charge is 0.240 e. The third kappa shape index (κ3) is 7.82. The van der Waals surface area contributed by atoms with E-state index in [9.17, 15) is 9.18 Å². The van der Waals surface area contributed by atoms with Crippen LogP contribution >= 0.6 is 0 Å². The van der Waals surface area contributed by atoms with Gasteiger partial charge in [-0.1, -0.05) is 6.07 Å². The van der Waals surface area contributed by atoms with Gasteiger partial charge in [0.25, 0.3) is 0 Å². The van der Waals surface area contributed by atoms with Crippen LogP contribution in [0.3, 0.4) is 0 Å². The van der Waals surface area contributed by atoms with E-state index < -0.39 is 0 Å². The molecule has 0 aliphatic heterocycles. The molecule has 0 radical (unpaired) electrons. The molecule has 1 rings (SSSR count). The second kappa shape index (κ2) is 9.52. The largest absolute Gasteiger partial charge is 0.352 e. The monoisotopic (exact) mass is 365 g/mol. The van der Waals surface area contributed by atoms with Crippen LogP contribution in [0, 0.1) is 5.82 Å². The summed E-state index contributed by atoms with van der Waals surface area (Å²) in [4.78, 5) is 20.0. The van der Waals surface area contributed by atoms with Crippen molar-refractivity contribution in [3.63, 3.8) is 0 Å². The fraction of sp³-hybridized carbons (Fsp3) is 0.579. The number of carbonyl (C=O) groups excluding carboxylic acids is 1. The van der Waals surface area contributed by atoms with Crippen LogP contribution in [0.25, 0.3) is 0 Å². The van der Waals surface area contributed by atoms with E-state index in [-0.39, 0.29) is 23.8 Å². The maximum Gasteiger partial charge on any atom is 0.240 e. The lowest BCUT2D eigenvalue weighted by atomic mass is 10.1. The fourth-order valence-corrected chi connectivity index (χ4v) is 2.51. The molecule has 0 unspecified atom stereocenters. The first-order chi connectivity index (χ1) is 12.0. The van der Waals surface area contributed by atoms with Crippen molar-refractivity contribution >= 4 is 11.9 Å². The number of nitrogens with one attached hydrogen (secondary N) is 2. The Morgan fingerprint density at radius 1 is 1.23 bits per heavy atom. The lowest BCUT2D eigenvalue weighted by Gasteiger charge is -2.25. The van der Waals surface area contributed by atoms with E-state index in [1.807, 2.05) is 45.8 Å². The average molecular weight is 365 g/mol. The Morgan fingerprint density at radius 2 is 1.88 bits per heavy atom. The van der Waals surface area contributed by atoms with Crippen molar-refractivity contribution in [1.82, 2.24) is 20.4 Å². The highest BCUT2D eigenvalue weighted by Gasteiger charge is 2.16. The molecule has 6 nitrogen and oxygen atoms in total. The highest BCUT2D eigenvalue weighted by molar-refractivity contribution is 5.86. The molecule has 0 aliphatic rings. The number of guanidine groups is 1. The molecule has 0 fully saturated rings. The number of nitrogens with zero attached hydrogens (tertiary/aromatic N) is 3. The summed E-state index contributed by atoms with van der Waals surface area (Å²) in [5, 5.41) is 6.14. The normalized spacial score (nSPS) is 12.3. The maximum atomic E-state index is 13.9. The molecule has 0 heterocycles. The molecule has 7 heteroatoms. The number of amides is 1. The summed E-state index contributed by atoms with van der Waals surface area (Å²) in [5.41, 5.74) is 1.34. The number of halogens is 1. The molecule has 146 valence electrons. The first-order valence-electron chi connectivity index (χ1n) is 8.66. The third-order valence-corrected chi connectivity index (χ3v) is 3.52. The quantitative estimate of drug-likeness (QED) is 0.596. The van der Waals surface area contributed by atoms with Crippen LogP contribution in [0.15, 0.2) is 23.2 Å². The summed E-state index contributed by atoms with van der Waals surface area (Å²) >= 11 is 0. The summed E-state index contributed by atoms with van der Waals surface area (Å²) in [5.74, 6) is 0.327. The van der Waals surface area contributed by atoms with E-state index in [4.69, 9.17) is 0 Å². The Hall–Kier alpha value is -2.15. The molecule has 1 amide bonds. The number of likely N-dealkylation sites (N-methyl/N-ethyl adjacent to an activating group) is 1. The Labute approximate surface area is 156 Å². The predicted molar refractivity (Wildman–Crippen MR) is 105 cm³/mol. The van der Waals surface area contributed by atoms with Gasteiger partial charge in [0.15, 0.2) is 5.96 Å². The van der Waals surface area contributed by atoms with Gasteiger partial charge in [-0.2, -0.15) is 0 Å². The molecule has 0 aromatic heterocycles. The van der Waals surface area contributed by atoms with Gasteiger partial charge in [0, 0.05) is 38.3 Å². The Kier molecular flexibility index (Phi) is 8.02. The van der Waals surface area contributed by atoms with Crippen LogP contribution < -0.4 is 10.6 Å². The maximum absolute atomic E-state index is 13.9. The second-order valence-corrected chi connectivity index (χ2v) is 7.72. The number of aliphatic imine (C=N–C) groups is 1. The van der Waals surface area contributed by atoms with Crippen LogP contribution in [0.5, 0.6) is 0 Å². The van der Waals surface area contributed by atoms with Crippen LogP contribution in [-0.4, -0.2) is 61.9 Å². The number of rotatable bonds is 6. The zero-order valence-corrected chi connectivity index (χ0v) is 17.0. The van der Waals surface area contributed by atoms with Crippen molar-refractivity contribution in [3.05, 3.63) is 35.1 Å². The summed E-state index contributed by atoms with van der Waals surface area (Å²) in [7, 11) is 7.29. The minimum Gasteiger partial charge on any atom is -0.352 e. The molecular weight excluding hydrogens is 333 g/mol. The Balaban J connectivity index is 2.68. The lowest BCUT2D eigenvalue weighted by Crippen LogP contribution is -2.48. The van der Waals surface area contributed by atoms with Crippen LogP contribution in [0.4, 0.5) is 4.39 Å². The first kappa shape index (κ1) is 21.9. The topological polar surface area (TPSA) is 60.0 Å². The van der Waals surface area contributed by atoms with E-state index >= 15 is 0 Å². The van der Waals surface area contributed by atoms with Gasteiger partial charge in [0.05, 0.1) is 6.54 Å². The van der Waals surface area contributed by atoms with Gasteiger partial charge in [0.1, 0.15) is 5.82 Å².